The summed E-state index contributed by atoms with van der Waals surface area (Å²) in [7, 11) is 0. The first kappa shape index (κ1) is 23.0. The number of allylic oxidation sites excluding steroid dienone is 2. The van der Waals surface area contributed by atoms with Crippen molar-refractivity contribution in [3.8, 4) is 0 Å². The normalized spacial score (nSPS) is 20.3. The lowest BCUT2D eigenvalue weighted by atomic mass is 9.67. The number of H-pyrrole nitrogens is 1. The Bertz CT molecular complexity index is 1410. The summed E-state index contributed by atoms with van der Waals surface area (Å²) >= 11 is 1.41. The summed E-state index contributed by atoms with van der Waals surface area (Å²) in [5, 5.41) is 15.2. The highest BCUT2D eigenvalue weighted by molar-refractivity contribution is 7.98. The van der Waals surface area contributed by atoms with Gasteiger partial charge in [-0.15, -0.1) is 0 Å². The van der Waals surface area contributed by atoms with Crippen molar-refractivity contribution >= 4 is 29.1 Å². The van der Waals surface area contributed by atoms with E-state index in [0.29, 0.717) is 40.0 Å². The van der Waals surface area contributed by atoms with Crippen molar-refractivity contribution in [2.45, 2.75) is 37.1 Å². The summed E-state index contributed by atoms with van der Waals surface area (Å²) in [6.07, 6.45) is 2.34. The molecule has 0 saturated heterocycles. The van der Waals surface area contributed by atoms with Crippen molar-refractivity contribution in [3.05, 3.63) is 104 Å². The van der Waals surface area contributed by atoms with Crippen molar-refractivity contribution in [1.29, 1.82) is 0 Å². The maximum absolute atomic E-state index is 13.4. The van der Waals surface area contributed by atoms with Crippen molar-refractivity contribution in [2.24, 2.45) is 11.3 Å². The molecule has 0 saturated carbocycles. The number of thioether (sulfide) groups is 1. The molecule has 178 valence electrons. The standard InChI is InChI=1S/C26H24N4O4S/c1-26(2)12-18-21(19(31)13-26)20(16-9-6-10-17(11-16)30(33)34)22-23(27-18)28-25(29-24(22)32)35-14-15-7-4-3-5-8-15/h3-12,20-21H,13-14H2,1-2H3,(H2,27,28,29,32). The lowest BCUT2D eigenvalue weighted by Crippen LogP contribution is -2.41. The van der Waals surface area contributed by atoms with Gasteiger partial charge in [0, 0.05) is 35.9 Å². The molecule has 9 heteroatoms. The summed E-state index contributed by atoms with van der Waals surface area (Å²) in [6, 6.07) is 16.0. The number of Topliss-reactive ketones (excluding diaryl/α,β-unsaturated/α-hetero) is 1. The average molecular weight is 489 g/mol. The van der Waals surface area contributed by atoms with Gasteiger partial charge in [-0.2, -0.15) is 0 Å². The van der Waals surface area contributed by atoms with E-state index in [0.717, 1.165) is 5.56 Å². The van der Waals surface area contributed by atoms with Crippen molar-refractivity contribution in [2.75, 3.05) is 5.32 Å². The number of nitro groups is 1. The molecule has 0 amide bonds. The van der Waals surface area contributed by atoms with Crippen LogP contribution in [0.2, 0.25) is 0 Å². The number of fused-ring (bicyclic) bond motifs is 2. The number of carbonyl (C=O) groups excluding carboxylic acids is 1. The molecular formula is C26H24N4O4S. The Morgan fingerprint density at radius 1 is 1.11 bits per heavy atom. The Hall–Kier alpha value is -3.72. The number of anilines is 1. The molecular weight excluding hydrogens is 464 g/mol. The predicted molar refractivity (Wildman–Crippen MR) is 134 cm³/mol. The molecule has 2 aliphatic rings. The van der Waals surface area contributed by atoms with Gasteiger partial charge < -0.3 is 10.3 Å². The van der Waals surface area contributed by atoms with Crippen LogP contribution in [0.3, 0.4) is 0 Å². The van der Waals surface area contributed by atoms with Gasteiger partial charge in [0.15, 0.2) is 5.16 Å². The molecule has 0 bridgehead atoms. The smallest absolute Gasteiger partial charge is 0.269 e. The van der Waals surface area contributed by atoms with Crippen LogP contribution in [0, 0.1) is 21.4 Å². The van der Waals surface area contributed by atoms with Gasteiger partial charge in [0.25, 0.3) is 11.2 Å². The number of nitrogens with zero attached hydrogens (tertiary/aromatic N) is 2. The molecule has 8 nitrogen and oxygen atoms in total. The van der Waals surface area contributed by atoms with Gasteiger partial charge in [0.1, 0.15) is 11.6 Å². The van der Waals surface area contributed by atoms with E-state index in [1.54, 1.807) is 12.1 Å². The number of hydrogen-bond donors (Lipinski definition) is 2. The summed E-state index contributed by atoms with van der Waals surface area (Å²) in [6.45, 7) is 3.97. The lowest BCUT2D eigenvalue weighted by Gasteiger charge is -2.40. The second kappa shape index (κ2) is 8.81. The highest BCUT2D eigenvalue weighted by atomic mass is 32.2. The van der Waals surface area contributed by atoms with Gasteiger partial charge in [0.05, 0.1) is 16.4 Å². The van der Waals surface area contributed by atoms with E-state index in [-0.39, 0.29) is 22.4 Å². The summed E-state index contributed by atoms with van der Waals surface area (Å²) in [5.74, 6) is -0.306. The Morgan fingerprint density at radius 3 is 2.63 bits per heavy atom. The zero-order valence-corrected chi connectivity index (χ0v) is 20.1. The van der Waals surface area contributed by atoms with Gasteiger partial charge >= 0.3 is 0 Å². The van der Waals surface area contributed by atoms with Gasteiger partial charge in [-0.1, -0.05) is 74.1 Å². The first-order valence-electron chi connectivity index (χ1n) is 11.3. The Morgan fingerprint density at radius 2 is 1.89 bits per heavy atom. The van der Waals surface area contributed by atoms with Gasteiger partial charge in [-0.3, -0.25) is 19.7 Å². The number of aromatic nitrogens is 2. The van der Waals surface area contributed by atoms with Gasteiger partial charge in [-0.05, 0) is 16.5 Å². The maximum Gasteiger partial charge on any atom is 0.269 e. The van der Waals surface area contributed by atoms with Crippen molar-refractivity contribution in [1.82, 2.24) is 9.97 Å². The van der Waals surface area contributed by atoms with E-state index in [4.69, 9.17) is 4.98 Å². The highest BCUT2D eigenvalue weighted by Crippen LogP contribution is 2.48. The third-order valence-electron chi connectivity index (χ3n) is 6.36. The van der Waals surface area contributed by atoms with Crippen LogP contribution < -0.4 is 10.9 Å². The zero-order valence-electron chi connectivity index (χ0n) is 19.3. The summed E-state index contributed by atoms with van der Waals surface area (Å²) < 4.78 is 0. The minimum atomic E-state index is -0.676. The second-order valence-corrected chi connectivity index (χ2v) is 10.5. The molecule has 0 spiro atoms. The fourth-order valence-electron chi connectivity index (χ4n) is 4.91. The quantitative estimate of drug-likeness (QED) is 0.224. The average Bonchev–Trinajstić information content (AvgIpc) is 2.81. The van der Waals surface area contributed by atoms with Crippen LogP contribution in [0.4, 0.5) is 11.5 Å². The predicted octanol–water partition coefficient (Wildman–Crippen LogP) is 5.03. The van der Waals surface area contributed by atoms with Crippen molar-refractivity contribution < 1.29 is 9.72 Å². The monoisotopic (exact) mass is 488 g/mol. The molecule has 1 aromatic heterocycles. The van der Waals surface area contributed by atoms with Crippen LogP contribution in [-0.4, -0.2) is 20.7 Å². The van der Waals surface area contributed by atoms with E-state index in [1.165, 1.54) is 23.9 Å². The number of rotatable bonds is 5. The van der Waals surface area contributed by atoms with E-state index in [9.17, 15) is 19.7 Å². The van der Waals surface area contributed by atoms with Crippen molar-refractivity contribution in [3.63, 3.8) is 0 Å². The van der Waals surface area contributed by atoms with E-state index < -0.39 is 16.8 Å². The van der Waals surface area contributed by atoms with Gasteiger partial charge in [-0.25, -0.2) is 4.98 Å². The summed E-state index contributed by atoms with van der Waals surface area (Å²) in [5.41, 5.74) is 1.86. The molecule has 35 heavy (non-hydrogen) atoms. The fourth-order valence-corrected chi connectivity index (χ4v) is 5.72. The number of benzene rings is 2. The zero-order chi connectivity index (χ0) is 24.7. The van der Waals surface area contributed by atoms with E-state index in [1.807, 2.05) is 50.3 Å². The fraction of sp³-hybridized carbons (Fsp3) is 0.269. The summed E-state index contributed by atoms with van der Waals surface area (Å²) in [4.78, 5) is 45.3. The van der Waals surface area contributed by atoms with Crippen LogP contribution in [0.15, 0.2) is 76.3 Å². The molecule has 2 N–H and O–H groups in total. The first-order valence-corrected chi connectivity index (χ1v) is 12.3. The Labute approximate surface area is 206 Å². The minimum absolute atomic E-state index is 0.0101. The number of carbonyl (C=O) groups is 1. The molecule has 2 unspecified atom stereocenters. The third-order valence-corrected chi connectivity index (χ3v) is 7.30. The number of nitrogens with one attached hydrogen (secondary N) is 2. The van der Waals surface area contributed by atoms with Crippen LogP contribution in [0.1, 0.15) is 42.9 Å². The van der Waals surface area contributed by atoms with Gasteiger partial charge in [0.2, 0.25) is 0 Å². The molecule has 0 radical (unpaired) electrons. The van der Waals surface area contributed by atoms with Crippen LogP contribution >= 0.6 is 11.8 Å². The molecule has 1 aliphatic carbocycles. The number of aromatic amines is 1. The first-order chi connectivity index (χ1) is 16.7. The van der Waals surface area contributed by atoms with E-state index in [2.05, 4.69) is 10.3 Å². The molecule has 0 fully saturated rings. The number of non-ortho nitro benzene ring substituents is 1. The Balaban J connectivity index is 1.62. The van der Waals surface area contributed by atoms with Crippen LogP contribution in [-0.2, 0) is 10.5 Å². The van der Waals surface area contributed by atoms with Crippen LogP contribution in [0.25, 0.3) is 0 Å². The molecule has 3 aromatic rings. The maximum atomic E-state index is 13.4. The Kier molecular flexibility index (Phi) is 5.80. The molecule has 2 heterocycles. The lowest BCUT2D eigenvalue weighted by molar-refractivity contribution is -0.384. The van der Waals surface area contributed by atoms with Crippen LogP contribution in [0.5, 0.6) is 0 Å². The number of ketones is 1. The largest absolute Gasteiger partial charge is 0.343 e. The van der Waals surface area contributed by atoms with E-state index >= 15 is 0 Å². The SMILES string of the molecule is CC1(C)C=C2Nc3nc(SCc4ccccc4)[nH]c(=O)c3C(c3cccc([N+](=O)[O-])c3)C2C(=O)C1. The number of hydrogen-bond acceptors (Lipinski definition) is 7. The molecule has 5 rings (SSSR count). The number of nitro benzene ring substituents is 1. The third kappa shape index (κ3) is 4.51. The molecule has 1 aliphatic heterocycles. The molecule has 2 aromatic carbocycles. The minimum Gasteiger partial charge on any atom is -0.343 e. The highest BCUT2D eigenvalue weighted by Gasteiger charge is 2.45. The second-order valence-electron chi connectivity index (χ2n) is 9.57. The topological polar surface area (TPSA) is 118 Å². The molecule has 2 atom stereocenters.